The minimum absolute atomic E-state index is 0. The maximum Gasteiger partial charge on any atom is 0.0652 e. The molecule has 14 heavy (non-hydrogen) atoms. The van der Waals surface area contributed by atoms with Crippen molar-refractivity contribution in [2.45, 2.75) is 18.9 Å². The van der Waals surface area contributed by atoms with E-state index in [1.165, 1.54) is 12.8 Å². The summed E-state index contributed by atoms with van der Waals surface area (Å²) in [5, 5.41) is 1.15. The molecule has 1 saturated carbocycles. The number of rotatable bonds is 2. The fourth-order valence-electron chi connectivity index (χ4n) is 1.43. The minimum Gasteiger partial charge on any atom is -0.324 e. The van der Waals surface area contributed by atoms with E-state index in [9.17, 15) is 0 Å². The highest BCUT2D eigenvalue weighted by Gasteiger charge is 2.31. The molecule has 1 aromatic rings. The van der Waals surface area contributed by atoms with Crippen LogP contribution in [-0.4, -0.2) is 4.98 Å². The molecule has 2 rings (SSSR count). The van der Waals surface area contributed by atoms with Gasteiger partial charge in [0.25, 0.3) is 0 Å². The van der Waals surface area contributed by atoms with Crippen LogP contribution >= 0.6 is 35.6 Å². The number of nitrogens with two attached hydrogens (primary N) is 1. The molecule has 0 radical (unpaired) electrons. The van der Waals surface area contributed by atoms with Crippen molar-refractivity contribution >= 4 is 35.6 Å². The summed E-state index contributed by atoms with van der Waals surface area (Å²) in [5.74, 6) is 0.553. The summed E-state index contributed by atoms with van der Waals surface area (Å²) < 4.78 is 0. The van der Waals surface area contributed by atoms with Crippen LogP contribution in [0.5, 0.6) is 0 Å². The lowest BCUT2D eigenvalue weighted by Crippen LogP contribution is -2.13. The van der Waals surface area contributed by atoms with E-state index in [0.29, 0.717) is 16.0 Å². The molecular formula is C9H11Cl3N2. The van der Waals surface area contributed by atoms with Gasteiger partial charge in [-0.15, -0.1) is 12.4 Å². The molecule has 1 atom stereocenters. The zero-order valence-corrected chi connectivity index (χ0v) is 9.74. The molecule has 2 N–H and O–H groups in total. The Kier molecular flexibility index (Phi) is 4.02. The van der Waals surface area contributed by atoms with Crippen LogP contribution in [0.15, 0.2) is 12.4 Å². The molecular weight excluding hydrogens is 242 g/mol. The molecule has 2 nitrogen and oxygen atoms in total. The van der Waals surface area contributed by atoms with E-state index in [0.717, 1.165) is 5.56 Å². The second-order valence-corrected chi connectivity index (χ2v) is 4.19. The van der Waals surface area contributed by atoms with Crippen LogP contribution in [0.4, 0.5) is 0 Å². The Balaban J connectivity index is 0.000000980. The number of pyridine rings is 1. The molecule has 0 aromatic carbocycles. The van der Waals surface area contributed by atoms with Crippen molar-refractivity contribution in [3.63, 3.8) is 0 Å². The first kappa shape index (κ1) is 12.1. The molecule has 1 aromatic heterocycles. The van der Waals surface area contributed by atoms with Gasteiger partial charge in [0, 0.05) is 24.0 Å². The first-order valence-electron chi connectivity index (χ1n) is 4.24. The summed E-state index contributed by atoms with van der Waals surface area (Å²) in [7, 11) is 0. The standard InChI is InChI=1S/C9H10Cl2N2.ClH/c10-6-3-13-4-7(11)8(6)9(12)5-1-2-5;/h3-5,9H,1-2,12H2;1H/t9-;/m1./s1. The number of aromatic nitrogens is 1. The molecule has 5 heteroatoms. The van der Waals surface area contributed by atoms with E-state index < -0.39 is 0 Å². The van der Waals surface area contributed by atoms with E-state index in [1.807, 2.05) is 0 Å². The topological polar surface area (TPSA) is 38.9 Å². The van der Waals surface area contributed by atoms with Gasteiger partial charge >= 0.3 is 0 Å². The zero-order valence-electron chi connectivity index (χ0n) is 7.41. The Labute approximate surface area is 99.2 Å². The summed E-state index contributed by atoms with van der Waals surface area (Å²) >= 11 is 11.9. The average Bonchev–Trinajstić information content (AvgIpc) is 2.85. The van der Waals surface area contributed by atoms with Crippen molar-refractivity contribution in [1.82, 2.24) is 4.98 Å². The third-order valence-corrected chi connectivity index (χ3v) is 2.96. The molecule has 0 saturated heterocycles. The van der Waals surface area contributed by atoms with Crippen LogP contribution in [-0.2, 0) is 0 Å². The number of halogens is 3. The Bertz CT molecular complexity index is 306. The largest absolute Gasteiger partial charge is 0.324 e. The van der Waals surface area contributed by atoms with Crippen LogP contribution in [0.2, 0.25) is 10.0 Å². The molecule has 1 heterocycles. The second-order valence-electron chi connectivity index (χ2n) is 3.38. The number of hydrogen-bond acceptors (Lipinski definition) is 2. The molecule has 0 amide bonds. The summed E-state index contributed by atoms with van der Waals surface area (Å²) in [6.45, 7) is 0. The molecule has 1 fully saturated rings. The molecule has 0 unspecified atom stereocenters. The number of nitrogens with zero attached hydrogens (tertiary/aromatic N) is 1. The summed E-state index contributed by atoms with van der Waals surface area (Å²) in [4.78, 5) is 3.89. The van der Waals surface area contributed by atoms with Gasteiger partial charge in [-0.2, -0.15) is 0 Å². The normalized spacial score (nSPS) is 17.4. The highest BCUT2D eigenvalue weighted by molar-refractivity contribution is 6.35. The van der Waals surface area contributed by atoms with Crippen molar-refractivity contribution in [3.05, 3.63) is 28.0 Å². The Morgan fingerprint density at radius 1 is 1.29 bits per heavy atom. The SMILES string of the molecule is Cl.N[C@@H](c1c(Cl)cncc1Cl)C1CC1. The van der Waals surface area contributed by atoms with E-state index in [-0.39, 0.29) is 18.4 Å². The Morgan fingerprint density at radius 2 is 1.79 bits per heavy atom. The fourth-order valence-corrected chi connectivity index (χ4v) is 2.05. The predicted molar refractivity (Wildman–Crippen MR) is 61.2 cm³/mol. The van der Waals surface area contributed by atoms with E-state index in [1.54, 1.807) is 12.4 Å². The zero-order chi connectivity index (χ0) is 9.42. The van der Waals surface area contributed by atoms with Gasteiger partial charge in [0.15, 0.2) is 0 Å². The Morgan fingerprint density at radius 3 is 2.21 bits per heavy atom. The highest BCUT2D eigenvalue weighted by atomic mass is 35.5. The molecule has 78 valence electrons. The minimum atomic E-state index is -0.0250. The average molecular weight is 254 g/mol. The van der Waals surface area contributed by atoms with Crippen molar-refractivity contribution in [2.75, 3.05) is 0 Å². The van der Waals surface area contributed by atoms with Crippen molar-refractivity contribution in [3.8, 4) is 0 Å². The van der Waals surface area contributed by atoms with Crippen molar-refractivity contribution in [1.29, 1.82) is 0 Å². The molecule has 0 bridgehead atoms. The van der Waals surface area contributed by atoms with Gasteiger partial charge in [0.2, 0.25) is 0 Å². The van der Waals surface area contributed by atoms with Crippen LogP contribution < -0.4 is 5.73 Å². The van der Waals surface area contributed by atoms with Gasteiger partial charge in [-0.1, -0.05) is 23.2 Å². The fraction of sp³-hybridized carbons (Fsp3) is 0.444. The molecule has 0 spiro atoms. The van der Waals surface area contributed by atoms with E-state index in [4.69, 9.17) is 28.9 Å². The third kappa shape index (κ3) is 2.31. The molecule has 1 aliphatic rings. The van der Waals surface area contributed by atoms with E-state index in [2.05, 4.69) is 4.98 Å². The van der Waals surface area contributed by atoms with Crippen molar-refractivity contribution in [2.24, 2.45) is 11.7 Å². The highest BCUT2D eigenvalue weighted by Crippen LogP contribution is 2.43. The van der Waals surface area contributed by atoms with Gasteiger partial charge in [-0.25, -0.2) is 0 Å². The van der Waals surface area contributed by atoms with Gasteiger partial charge in [-0.05, 0) is 18.8 Å². The lowest BCUT2D eigenvalue weighted by atomic mass is 10.1. The monoisotopic (exact) mass is 252 g/mol. The van der Waals surface area contributed by atoms with Crippen LogP contribution in [0.3, 0.4) is 0 Å². The van der Waals surface area contributed by atoms with Gasteiger partial charge < -0.3 is 5.73 Å². The maximum atomic E-state index is 6.01. The molecule has 1 aliphatic carbocycles. The summed E-state index contributed by atoms with van der Waals surface area (Å²) in [6.07, 6.45) is 5.53. The van der Waals surface area contributed by atoms with Crippen LogP contribution in [0.1, 0.15) is 24.4 Å². The maximum absolute atomic E-state index is 6.01. The number of hydrogen-bond donors (Lipinski definition) is 1. The lowest BCUT2D eigenvalue weighted by molar-refractivity contribution is 0.633. The first-order valence-corrected chi connectivity index (χ1v) is 5.00. The first-order chi connectivity index (χ1) is 6.20. The quantitative estimate of drug-likeness (QED) is 0.879. The Hall–Kier alpha value is -0.0200. The summed E-state index contributed by atoms with van der Waals surface area (Å²) in [5.41, 5.74) is 6.85. The molecule has 0 aliphatic heterocycles. The third-order valence-electron chi connectivity index (χ3n) is 2.35. The second kappa shape index (κ2) is 4.67. The van der Waals surface area contributed by atoms with Crippen molar-refractivity contribution < 1.29 is 0 Å². The predicted octanol–water partition coefficient (Wildman–Crippen LogP) is 3.22. The van der Waals surface area contributed by atoms with Gasteiger partial charge in [0.05, 0.1) is 10.0 Å². The summed E-state index contributed by atoms with van der Waals surface area (Å²) in [6, 6.07) is -0.0250. The van der Waals surface area contributed by atoms with Crippen LogP contribution in [0, 0.1) is 5.92 Å². The van der Waals surface area contributed by atoms with Gasteiger partial charge in [-0.3, -0.25) is 4.98 Å². The lowest BCUT2D eigenvalue weighted by Gasteiger charge is -2.13. The smallest absolute Gasteiger partial charge is 0.0652 e. The van der Waals surface area contributed by atoms with Crippen LogP contribution in [0.25, 0.3) is 0 Å². The van der Waals surface area contributed by atoms with Gasteiger partial charge in [0.1, 0.15) is 0 Å². The van der Waals surface area contributed by atoms with E-state index >= 15 is 0 Å².